The predicted octanol–water partition coefficient (Wildman–Crippen LogP) is 3.67. The Labute approximate surface area is 139 Å². The molecule has 0 spiro atoms. The molecule has 1 aromatic heterocycles. The first-order valence-corrected chi connectivity index (χ1v) is 8.95. The largest absolute Gasteiger partial charge is 0.332 e. The minimum atomic E-state index is 0.0360. The Morgan fingerprint density at radius 1 is 1.30 bits per heavy atom. The fourth-order valence-electron chi connectivity index (χ4n) is 3.60. The second-order valence-electron chi connectivity index (χ2n) is 6.11. The summed E-state index contributed by atoms with van der Waals surface area (Å²) in [5.74, 6) is 0. The third-order valence-corrected chi connectivity index (χ3v) is 5.31. The minimum Gasteiger partial charge on any atom is -0.332 e. The van der Waals surface area contributed by atoms with Gasteiger partial charge in [0, 0.05) is 11.4 Å². The second kappa shape index (κ2) is 6.16. The van der Waals surface area contributed by atoms with Crippen molar-refractivity contribution in [2.24, 2.45) is 0 Å². The molecule has 0 radical (unpaired) electrons. The van der Waals surface area contributed by atoms with Crippen LogP contribution >= 0.6 is 11.3 Å². The number of carbonyl (C=O) groups excluding carboxylic acids is 1. The smallest absolute Gasteiger partial charge is 0.318 e. The van der Waals surface area contributed by atoms with Gasteiger partial charge < -0.3 is 10.2 Å². The number of nitrogens with zero attached hydrogens (tertiary/aromatic N) is 2. The van der Waals surface area contributed by atoms with Crippen LogP contribution in [0.25, 0.3) is 5.57 Å². The minimum absolute atomic E-state index is 0.0360. The summed E-state index contributed by atoms with van der Waals surface area (Å²) in [6.07, 6.45) is 5.37. The molecule has 0 unspecified atom stereocenters. The van der Waals surface area contributed by atoms with E-state index in [9.17, 15) is 4.79 Å². The van der Waals surface area contributed by atoms with Crippen LogP contribution in [-0.4, -0.2) is 28.0 Å². The fourth-order valence-corrected chi connectivity index (χ4v) is 4.15. The van der Waals surface area contributed by atoms with Crippen LogP contribution in [0.3, 0.4) is 0 Å². The van der Waals surface area contributed by atoms with E-state index < -0.39 is 0 Å². The number of amides is 2. The van der Waals surface area contributed by atoms with E-state index in [0.29, 0.717) is 12.6 Å². The summed E-state index contributed by atoms with van der Waals surface area (Å²) in [5.41, 5.74) is 5.38. The average Bonchev–Trinajstić information content (AvgIpc) is 3.19. The molecule has 2 aliphatic rings. The van der Waals surface area contributed by atoms with Crippen LogP contribution in [0.2, 0.25) is 0 Å². The van der Waals surface area contributed by atoms with Crippen molar-refractivity contribution in [2.75, 3.05) is 0 Å². The lowest BCUT2D eigenvalue weighted by Crippen LogP contribution is -2.48. The van der Waals surface area contributed by atoms with Crippen molar-refractivity contribution in [3.05, 3.63) is 58.6 Å². The Balaban J connectivity index is 1.47. The average molecular weight is 325 g/mol. The number of hydrogen-bond acceptors (Lipinski definition) is 3. The van der Waals surface area contributed by atoms with Crippen molar-refractivity contribution in [1.82, 2.24) is 15.2 Å². The number of benzene rings is 1. The number of rotatable bonds is 3. The van der Waals surface area contributed by atoms with Crippen molar-refractivity contribution in [3.63, 3.8) is 0 Å². The maximum absolute atomic E-state index is 12.6. The lowest BCUT2D eigenvalue weighted by molar-refractivity contribution is 0.179. The molecule has 2 atom stereocenters. The summed E-state index contributed by atoms with van der Waals surface area (Å²) < 4.78 is 0. The van der Waals surface area contributed by atoms with Crippen LogP contribution in [-0.2, 0) is 6.54 Å². The summed E-state index contributed by atoms with van der Waals surface area (Å²) in [4.78, 5) is 18.8. The Bertz CT molecular complexity index is 711. The first-order valence-electron chi connectivity index (χ1n) is 8.00. The van der Waals surface area contributed by atoms with E-state index in [1.807, 2.05) is 16.3 Å². The molecule has 1 aromatic carbocycles. The Hall–Kier alpha value is -2.14. The molecule has 4 nitrogen and oxygen atoms in total. The van der Waals surface area contributed by atoms with Gasteiger partial charge in [0.2, 0.25) is 0 Å². The zero-order valence-corrected chi connectivity index (χ0v) is 13.6. The Morgan fingerprint density at radius 2 is 2.17 bits per heavy atom. The van der Waals surface area contributed by atoms with Crippen molar-refractivity contribution >= 4 is 22.9 Å². The molecule has 0 saturated carbocycles. The number of carbonyl (C=O) groups is 1. The fraction of sp³-hybridized carbons (Fsp3) is 0.333. The Kier molecular flexibility index (Phi) is 3.87. The highest BCUT2D eigenvalue weighted by Gasteiger charge is 2.39. The molecule has 3 heterocycles. The van der Waals surface area contributed by atoms with Crippen LogP contribution in [0.15, 0.2) is 47.3 Å². The molecule has 23 heavy (non-hydrogen) atoms. The zero-order chi connectivity index (χ0) is 15.6. The molecule has 0 aliphatic carbocycles. The van der Waals surface area contributed by atoms with Gasteiger partial charge in [0.15, 0.2) is 0 Å². The quantitative estimate of drug-likeness (QED) is 0.936. The van der Waals surface area contributed by atoms with Gasteiger partial charge in [0.05, 0.1) is 23.8 Å². The molecular formula is C18H19N3OS. The predicted molar refractivity (Wildman–Crippen MR) is 92.0 cm³/mol. The van der Waals surface area contributed by atoms with E-state index in [2.05, 4.69) is 40.6 Å². The number of nitrogens with one attached hydrogen (secondary N) is 1. The van der Waals surface area contributed by atoms with Gasteiger partial charge in [0.25, 0.3) is 0 Å². The molecule has 2 bridgehead atoms. The molecule has 5 heteroatoms. The topological polar surface area (TPSA) is 45.2 Å². The van der Waals surface area contributed by atoms with Crippen LogP contribution < -0.4 is 5.32 Å². The molecule has 1 fully saturated rings. The lowest BCUT2D eigenvalue weighted by atomic mass is 9.95. The van der Waals surface area contributed by atoms with Gasteiger partial charge in [-0.25, -0.2) is 9.78 Å². The monoisotopic (exact) mass is 325 g/mol. The maximum Gasteiger partial charge on any atom is 0.318 e. The summed E-state index contributed by atoms with van der Waals surface area (Å²) in [6, 6.07) is 11.1. The molecule has 2 aromatic rings. The molecule has 1 saturated heterocycles. The normalized spacial score (nSPS) is 22.8. The van der Waals surface area contributed by atoms with Gasteiger partial charge >= 0.3 is 6.03 Å². The highest BCUT2D eigenvalue weighted by atomic mass is 32.1. The van der Waals surface area contributed by atoms with Gasteiger partial charge in [-0.05, 0) is 30.4 Å². The SMILES string of the molecule is O=C(NCc1cscn1)N1[C@@H]2CC[C@@H]1C=C(c1ccccc1)C2. The Morgan fingerprint density at radius 3 is 2.91 bits per heavy atom. The van der Waals surface area contributed by atoms with E-state index in [1.165, 1.54) is 11.1 Å². The number of aromatic nitrogens is 1. The standard InChI is InChI=1S/C18H19N3OS/c22-18(19-10-15-11-23-12-20-15)21-16-6-7-17(21)9-14(8-16)13-4-2-1-3-5-13/h1-5,8,11-12,16-17H,6-7,9-10H2,(H,19,22)/t16-,17-/m1/s1. The molecule has 2 aliphatic heterocycles. The number of urea groups is 1. The van der Waals surface area contributed by atoms with Gasteiger partial charge in [-0.3, -0.25) is 0 Å². The third kappa shape index (κ3) is 2.88. The molecule has 118 valence electrons. The number of fused-ring (bicyclic) bond motifs is 2. The van der Waals surface area contributed by atoms with Crippen molar-refractivity contribution < 1.29 is 4.79 Å². The molecule has 2 amide bonds. The number of thiazole rings is 1. The van der Waals surface area contributed by atoms with E-state index in [-0.39, 0.29) is 12.1 Å². The highest BCUT2D eigenvalue weighted by molar-refractivity contribution is 7.07. The first kappa shape index (κ1) is 14.5. The summed E-state index contributed by atoms with van der Waals surface area (Å²) in [7, 11) is 0. The van der Waals surface area contributed by atoms with Crippen molar-refractivity contribution in [2.45, 2.75) is 37.9 Å². The van der Waals surface area contributed by atoms with Crippen LogP contribution in [0.4, 0.5) is 4.79 Å². The van der Waals surface area contributed by atoms with Gasteiger partial charge in [-0.15, -0.1) is 11.3 Å². The van der Waals surface area contributed by atoms with E-state index in [0.717, 1.165) is 25.0 Å². The second-order valence-corrected chi connectivity index (χ2v) is 6.83. The van der Waals surface area contributed by atoms with Crippen LogP contribution in [0.1, 0.15) is 30.5 Å². The first-order chi connectivity index (χ1) is 11.3. The third-order valence-electron chi connectivity index (χ3n) is 4.68. The lowest BCUT2D eigenvalue weighted by Gasteiger charge is -2.34. The highest BCUT2D eigenvalue weighted by Crippen LogP contribution is 2.38. The summed E-state index contributed by atoms with van der Waals surface area (Å²) in [6.45, 7) is 0.507. The van der Waals surface area contributed by atoms with Gasteiger partial charge in [0.1, 0.15) is 0 Å². The van der Waals surface area contributed by atoms with Gasteiger partial charge in [-0.2, -0.15) is 0 Å². The molecule has 1 N–H and O–H groups in total. The van der Waals surface area contributed by atoms with E-state index in [1.54, 1.807) is 16.8 Å². The zero-order valence-electron chi connectivity index (χ0n) is 12.8. The van der Waals surface area contributed by atoms with Crippen molar-refractivity contribution in [1.29, 1.82) is 0 Å². The van der Waals surface area contributed by atoms with Crippen molar-refractivity contribution in [3.8, 4) is 0 Å². The summed E-state index contributed by atoms with van der Waals surface area (Å²) >= 11 is 1.55. The van der Waals surface area contributed by atoms with Gasteiger partial charge in [-0.1, -0.05) is 36.4 Å². The maximum atomic E-state index is 12.6. The van der Waals surface area contributed by atoms with Crippen LogP contribution in [0.5, 0.6) is 0 Å². The van der Waals surface area contributed by atoms with E-state index in [4.69, 9.17) is 0 Å². The summed E-state index contributed by atoms with van der Waals surface area (Å²) in [5, 5.41) is 4.98. The molecule has 4 rings (SSSR count). The molecular weight excluding hydrogens is 306 g/mol. The number of hydrogen-bond donors (Lipinski definition) is 1. The van der Waals surface area contributed by atoms with E-state index >= 15 is 0 Å². The van der Waals surface area contributed by atoms with Crippen LogP contribution in [0, 0.1) is 0 Å².